The Kier molecular flexibility index (Phi) is 5.20. The minimum atomic E-state index is -0.933. The number of aliphatic carboxylic acids is 1. The molecule has 1 heterocycles. The van der Waals surface area contributed by atoms with Crippen LogP contribution in [0.3, 0.4) is 0 Å². The van der Waals surface area contributed by atoms with E-state index in [4.69, 9.17) is 5.11 Å². The number of hydrogen-bond donors (Lipinski definition) is 1. The van der Waals surface area contributed by atoms with Crippen molar-refractivity contribution >= 4 is 45.0 Å². The second kappa shape index (κ2) is 6.91. The summed E-state index contributed by atoms with van der Waals surface area (Å²) in [7, 11) is 2.06. The highest BCUT2D eigenvalue weighted by Gasteiger charge is 2.07. The van der Waals surface area contributed by atoms with Crippen LogP contribution in [0.5, 0.6) is 0 Å². The van der Waals surface area contributed by atoms with Gasteiger partial charge in [0.2, 0.25) is 0 Å². The Morgan fingerprint density at radius 3 is 2.76 bits per heavy atom. The number of anilines is 1. The lowest BCUT2D eigenvalue weighted by molar-refractivity contribution is -0.131. The molecule has 0 unspecified atom stereocenters. The number of nitrogens with zero attached hydrogens (tertiary/aromatic N) is 1. The third-order valence-corrected chi connectivity index (χ3v) is 4.75. The Bertz CT molecular complexity index is 679. The van der Waals surface area contributed by atoms with Gasteiger partial charge in [0.25, 0.3) is 0 Å². The molecule has 110 valence electrons. The number of carboxylic acids is 1. The van der Waals surface area contributed by atoms with E-state index >= 15 is 0 Å². The van der Waals surface area contributed by atoms with E-state index in [1.54, 1.807) is 17.4 Å². The highest BCUT2D eigenvalue weighted by Crippen LogP contribution is 2.26. The SMILES string of the molecule is Cc1cc(C=CC(=O)O)ccc1N(C)Cc1cc(Br)cs1. The van der Waals surface area contributed by atoms with Crippen molar-refractivity contribution < 1.29 is 9.90 Å². The van der Waals surface area contributed by atoms with Crippen molar-refractivity contribution in [1.29, 1.82) is 0 Å². The van der Waals surface area contributed by atoms with Crippen molar-refractivity contribution in [2.75, 3.05) is 11.9 Å². The third kappa shape index (κ3) is 4.44. The number of aryl methyl sites for hydroxylation is 1. The maximum absolute atomic E-state index is 10.5. The summed E-state index contributed by atoms with van der Waals surface area (Å²) in [6.07, 6.45) is 2.76. The fraction of sp³-hybridized carbons (Fsp3) is 0.188. The molecule has 1 aromatic heterocycles. The Hall–Kier alpha value is -1.59. The summed E-state index contributed by atoms with van der Waals surface area (Å²) in [6.45, 7) is 2.88. The molecule has 3 nitrogen and oxygen atoms in total. The van der Waals surface area contributed by atoms with Crippen molar-refractivity contribution in [3.05, 3.63) is 56.2 Å². The minimum Gasteiger partial charge on any atom is -0.478 e. The van der Waals surface area contributed by atoms with Gasteiger partial charge in [-0.15, -0.1) is 11.3 Å². The lowest BCUT2D eigenvalue weighted by atomic mass is 10.1. The van der Waals surface area contributed by atoms with Crippen LogP contribution in [0.4, 0.5) is 5.69 Å². The van der Waals surface area contributed by atoms with Gasteiger partial charge in [-0.3, -0.25) is 0 Å². The summed E-state index contributed by atoms with van der Waals surface area (Å²) in [5.74, 6) is -0.933. The van der Waals surface area contributed by atoms with Gasteiger partial charge in [0.15, 0.2) is 0 Å². The predicted molar refractivity (Wildman–Crippen MR) is 92.0 cm³/mol. The molecule has 0 radical (unpaired) electrons. The van der Waals surface area contributed by atoms with Gasteiger partial charge in [-0.2, -0.15) is 0 Å². The average Bonchev–Trinajstić information content (AvgIpc) is 2.81. The molecule has 0 spiro atoms. The average molecular weight is 366 g/mol. The van der Waals surface area contributed by atoms with Gasteiger partial charge >= 0.3 is 5.97 Å². The third-order valence-electron chi connectivity index (χ3n) is 3.07. The molecule has 2 aromatic rings. The van der Waals surface area contributed by atoms with Gasteiger partial charge in [0.05, 0.1) is 6.54 Å². The Morgan fingerprint density at radius 1 is 1.43 bits per heavy atom. The summed E-state index contributed by atoms with van der Waals surface area (Å²) in [5.41, 5.74) is 3.17. The van der Waals surface area contributed by atoms with Crippen LogP contribution >= 0.6 is 27.3 Å². The van der Waals surface area contributed by atoms with E-state index in [1.165, 1.54) is 4.88 Å². The van der Waals surface area contributed by atoms with Gasteiger partial charge in [-0.05, 0) is 58.3 Å². The molecule has 5 heteroatoms. The lowest BCUT2D eigenvalue weighted by Gasteiger charge is -2.21. The van der Waals surface area contributed by atoms with Crippen molar-refractivity contribution in [2.24, 2.45) is 0 Å². The van der Waals surface area contributed by atoms with Crippen molar-refractivity contribution in [3.8, 4) is 0 Å². The van der Waals surface area contributed by atoms with E-state index in [0.717, 1.165) is 33.9 Å². The molecule has 0 fully saturated rings. The molecule has 0 saturated carbocycles. The summed E-state index contributed by atoms with van der Waals surface area (Å²) >= 11 is 5.20. The van der Waals surface area contributed by atoms with Crippen LogP contribution in [0, 0.1) is 6.92 Å². The van der Waals surface area contributed by atoms with E-state index in [-0.39, 0.29) is 0 Å². The standard InChI is InChI=1S/C16H16BrNO2S/c1-11-7-12(4-6-16(19)20)3-5-15(11)18(2)9-14-8-13(17)10-21-14/h3-8,10H,9H2,1-2H3,(H,19,20). The summed E-state index contributed by atoms with van der Waals surface area (Å²) in [5, 5.41) is 10.7. The molecular weight excluding hydrogens is 350 g/mol. The molecule has 0 aliphatic carbocycles. The van der Waals surface area contributed by atoms with Crippen LogP contribution < -0.4 is 4.90 Å². The summed E-state index contributed by atoms with van der Waals surface area (Å²) < 4.78 is 1.11. The molecule has 0 amide bonds. The maximum atomic E-state index is 10.5. The van der Waals surface area contributed by atoms with Gasteiger partial charge in [-0.25, -0.2) is 4.79 Å². The molecule has 2 rings (SSSR count). The van der Waals surface area contributed by atoms with Gasteiger partial charge in [0, 0.05) is 33.5 Å². The number of carboxylic acid groups (broad SMARTS) is 1. The van der Waals surface area contributed by atoms with Crippen LogP contribution in [0.15, 0.2) is 40.2 Å². The zero-order chi connectivity index (χ0) is 15.4. The smallest absolute Gasteiger partial charge is 0.328 e. The first-order valence-electron chi connectivity index (χ1n) is 6.41. The van der Waals surface area contributed by atoms with Crippen molar-refractivity contribution in [1.82, 2.24) is 0 Å². The molecular formula is C16H16BrNO2S. The normalized spacial score (nSPS) is 11.0. The number of hydrogen-bond acceptors (Lipinski definition) is 3. The van der Waals surface area contributed by atoms with Crippen LogP contribution in [0.2, 0.25) is 0 Å². The summed E-state index contributed by atoms with van der Waals surface area (Å²) in [6, 6.07) is 8.08. The fourth-order valence-corrected chi connectivity index (χ4v) is 3.64. The highest BCUT2D eigenvalue weighted by atomic mass is 79.9. The monoisotopic (exact) mass is 365 g/mol. The minimum absolute atomic E-state index is 0.849. The molecule has 0 aliphatic rings. The Morgan fingerprint density at radius 2 is 2.19 bits per heavy atom. The quantitative estimate of drug-likeness (QED) is 0.789. The van der Waals surface area contributed by atoms with Crippen LogP contribution in [0.1, 0.15) is 16.0 Å². The van der Waals surface area contributed by atoms with E-state index in [9.17, 15) is 4.79 Å². The molecule has 0 bridgehead atoms. The lowest BCUT2D eigenvalue weighted by Crippen LogP contribution is -2.16. The Labute approximate surface area is 136 Å². The van der Waals surface area contributed by atoms with Crippen LogP contribution in [-0.4, -0.2) is 18.1 Å². The number of benzene rings is 1. The first-order chi connectivity index (χ1) is 9.95. The Balaban J connectivity index is 2.14. The van der Waals surface area contributed by atoms with Gasteiger partial charge in [0.1, 0.15) is 0 Å². The zero-order valence-corrected chi connectivity index (χ0v) is 14.2. The van der Waals surface area contributed by atoms with Gasteiger partial charge in [-0.1, -0.05) is 6.07 Å². The molecule has 1 N–H and O–H groups in total. The largest absolute Gasteiger partial charge is 0.478 e. The maximum Gasteiger partial charge on any atom is 0.328 e. The highest BCUT2D eigenvalue weighted by molar-refractivity contribution is 9.10. The van der Waals surface area contributed by atoms with Crippen molar-refractivity contribution in [3.63, 3.8) is 0 Å². The summed E-state index contributed by atoms with van der Waals surface area (Å²) in [4.78, 5) is 14.0. The van der Waals surface area contributed by atoms with E-state index in [2.05, 4.69) is 39.3 Å². The molecule has 1 aromatic carbocycles. The van der Waals surface area contributed by atoms with Gasteiger partial charge < -0.3 is 10.0 Å². The topological polar surface area (TPSA) is 40.5 Å². The number of carbonyl (C=O) groups is 1. The second-order valence-corrected chi connectivity index (χ2v) is 6.72. The second-order valence-electron chi connectivity index (χ2n) is 4.80. The zero-order valence-electron chi connectivity index (χ0n) is 11.8. The van der Waals surface area contributed by atoms with E-state index in [0.29, 0.717) is 0 Å². The molecule has 21 heavy (non-hydrogen) atoms. The van der Waals surface area contributed by atoms with Crippen molar-refractivity contribution in [2.45, 2.75) is 13.5 Å². The first kappa shape index (κ1) is 15.8. The number of thiophene rings is 1. The van der Waals surface area contributed by atoms with E-state index in [1.807, 2.05) is 25.1 Å². The fourth-order valence-electron chi connectivity index (χ4n) is 2.13. The van der Waals surface area contributed by atoms with E-state index < -0.39 is 5.97 Å². The van der Waals surface area contributed by atoms with Crippen LogP contribution in [0.25, 0.3) is 6.08 Å². The first-order valence-corrected chi connectivity index (χ1v) is 8.08. The molecule has 0 aliphatic heterocycles. The van der Waals surface area contributed by atoms with Crippen LogP contribution in [-0.2, 0) is 11.3 Å². The predicted octanol–water partition coefficient (Wildman–Crippen LogP) is 4.55. The molecule has 0 atom stereocenters. The number of rotatable bonds is 5. The number of halogens is 1. The molecule has 0 saturated heterocycles.